The Morgan fingerprint density at radius 1 is 1.04 bits per heavy atom. The molecule has 3 nitrogen and oxygen atoms in total. The van der Waals surface area contributed by atoms with Gasteiger partial charge in [0.05, 0.1) is 5.56 Å². The summed E-state index contributed by atoms with van der Waals surface area (Å²) < 4.78 is 38.2. The fourth-order valence-electron chi connectivity index (χ4n) is 4.18. The van der Waals surface area contributed by atoms with E-state index >= 15 is 0 Å². The van der Waals surface area contributed by atoms with Crippen molar-refractivity contribution in [3.05, 3.63) is 64.7 Å². The van der Waals surface area contributed by atoms with E-state index in [1.807, 2.05) is 18.2 Å². The van der Waals surface area contributed by atoms with Gasteiger partial charge in [-0.25, -0.2) is 0 Å². The van der Waals surface area contributed by atoms with Crippen molar-refractivity contribution in [1.82, 2.24) is 5.32 Å². The number of hydrogen-bond donors (Lipinski definition) is 2. The molecule has 1 amide bonds. The minimum atomic E-state index is -4.29. The molecule has 1 saturated carbocycles. The van der Waals surface area contributed by atoms with Crippen LogP contribution in [-0.4, -0.2) is 18.5 Å². The minimum Gasteiger partial charge on any atom is -0.382 e. The number of halogens is 3. The fourth-order valence-corrected chi connectivity index (χ4v) is 4.18. The third-order valence-corrected chi connectivity index (χ3v) is 5.58. The van der Waals surface area contributed by atoms with E-state index in [1.165, 1.54) is 12.1 Å². The van der Waals surface area contributed by atoms with Crippen molar-refractivity contribution in [3.63, 3.8) is 0 Å². The molecule has 2 aromatic rings. The summed E-state index contributed by atoms with van der Waals surface area (Å²) in [5.41, 5.74) is 3.14. The Balaban J connectivity index is 1.45. The SMILES string of the molecule is O=C1NCCc2c(NC3CCC(c4ccc(C(F)(F)F)cc4)C3)cccc21. The van der Waals surface area contributed by atoms with Crippen molar-refractivity contribution in [2.24, 2.45) is 0 Å². The zero-order chi connectivity index (χ0) is 19.0. The molecule has 1 fully saturated rings. The Kier molecular flexibility index (Phi) is 4.58. The maximum absolute atomic E-state index is 12.7. The number of amides is 1. The molecule has 2 unspecified atom stereocenters. The van der Waals surface area contributed by atoms with Crippen molar-refractivity contribution in [2.75, 3.05) is 11.9 Å². The largest absolute Gasteiger partial charge is 0.416 e. The summed E-state index contributed by atoms with van der Waals surface area (Å²) in [4.78, 5) is 12.0. The predicted molar refractivity (Wildman–Crippen MR) is 97.9 cm³/mol. The van der Waals surface area contributed by atoms with Crippen LogP contribution in [0.15, 0.2) is 42.5 Å². The van der Waals surface area contributed by atoms with E-state index in [0.717, 1.165) is 48.1 Å². The zero-order valence-electron chi connectivity index (χ0n) is 14.8. The van der Waals surface area contributed by atoms with Crippen LogP contribution in [0.5, 0.6) is 0 Å². The molecule has 1 aliphatic heterocycles. The Hall–Kier alpha value is -2.50. The monoisotopic (exact) mass is 374 g/mol. The van der Waals surface area contributed by atoms with Crippen LogP contribution >= 0.6 is 0 Å². The molecule has 0 aromatic heterocycles. The lowest BCUT2D eigenvalue weighted by Crippen LogP contribution is -2.32. The van der Waals surface area contributed by atoms with E-state index in [-0.39, 0.29) is 17.9 Å². The summed E-state index contributed by atoms with van der Waals surface area (Å²) in [5, 5.41) is 6.42. The number of nitrogens with one attached hydrogen (secondary N) is 2. The van der Waals surface area contributed by atoms with Crippen molar-refractivity contribution >= 4 is 11.6 Å². The van der Waals surface area contributed by atoms with Gasteiger partial charge in [-0.1, -0.05) is 18.2 Å². The fraction of sp³-hybridized carbons (Fsp3) is 0.381. The van der Waals surface area contributed by atoms with Gasteiger partial charge in [0.15, 0.2) is 0 Å². The highest BCUT2D eigenvalue weighted by atomic mass is 19.4. The number of benzene rings is 2. The second-order valence-electron chi connectivity index (χ2n) is 7.31. The summed E-state index contributed by atoms with van der Waals surface area (Å²) in [6, 6.07) is 11.5. The van der Waals surface area contributed by atoms with Gasteiger partial charge in [0.1, 0.15) is 0 Å². The maximum atomic E-state index is 12.7. The molecule has 1 heterocycles. The van der Waals surface area contributed by atoms with Crippen LogP contribution in [0, 0.1) is 0 Å². The number of alkyl halides is 3. The van der Waals surface area contributed by atoms with Crippen LogP contribution in [0.2, 0.25) is 0 Å². The van der Waals surface area contributed by atoms with Gasteiger partial charge in [-0.2, -0.15) is 13.2 Å². The van der Waals surface area contributed by atoms with Gasteiger partial charge in [0, 0.05) is 23.8 Å². The van der Waals surface area contributed by atoms with Crippen LogP contribution < -0.4 is 10.6 Å². The summed E-state index contributed by atoms with van der Waals surface area (Å²) in [5.74, 6) is 0.224. The Morgan fingerprint density at radius 3 is 2.56 bits per heavy atom. The number of carbonyl (C=O) groups excluding carboxylic acids is 1. The Bertz CT molecular complexity index is 845. The van der Waals surface area contributed by atoms with Crippen LogP contribution in [0.4, 0.5) is 18.9 Å². The third kappa shape index (κ3) is 3.66. The summed E-state index contributed by atoms with van der Waals surface area (Å²) in [6.07, 6.45) is -0.711. The molecule has 0 bridgehead atoms. The Labute approximate surface area is 156 Å². The molecule has 2 aromatic carbocycles. The normalized spacial score (nSPS) is 22.3. The lowest BCUT2D eigenvalue weighted by atomic mass is 9.96. The molecule has 142 valence electrons. The number of carbonyl (C=O) groups is 1. The lowest BCUT2D eigenvalue weighted by molar-refractivity contribution is -0.137. The molecule has 0 saturated heterocycles. The molecule has 4 rings (SSSR count). The molecule has 6 heteroatoms. The van der Waals surface area contributed by atoms with Crippen LogP contribution in [0.1, 0.15) is 52.2 Å². The summed E-state index contributed by atoms with van der Waals surface area (Å²) >= 11 is 0. The summed E-state index contributed by atoms with van der Waals surface area (Å²) in [7, 11) is 0. The topological polar surface area (TPSA) is 41.1 Å². The predicted octanol–water partition coefficient (Wildman–Crippen LogP) is 4.74. The Morgan fingerprint density at radius 2 is 1.81 bits per heavy atom. The average Bonchev–Trinajstić information content (AvgIpc) is 3.11. The first-order valence-corrected chi connectivity index (χ1v) is 9.25. The molecule has 2 N–H and O–H groups in total. The van der Waals surface area contributed by atoms with Gasteiger partial charge in [0.25, 0.3) is 5.91 Å². The molecular weight excluding hydrogens is 353 g/mol. The first-order valence-electron chi connectivity index (χ1n) is 9.25. The lowest BCUT2D eigenvalue weighted by Gasteiger charge is -2.23. The van der Waals surface area contributed by atoms with Gasteiger partial charge < -0.3 is 10.6 Å². The van der Waals surface area contributed by atoms with Crippen molar-refractivity contribution in [1.29, 1.82) is 0 Å². The quantitative estimate of drug-likeness (QED) is 0.815. The second-order valence-corrected chi connectivity index (χ2v) is 7.31. The second kappa shape index (κ2) is 6.91. The average molecular weight is 374 g/mol. The van der Waals surface area contributed by atoms with Crippen LogP contribution in [0.3, 0.4) is 0 Å². The van der Waals surface area contributed by atoms with E-state index in [4.69, 9.17) is 0 Å². The van der Waals surface area contributed by atoms with Crippen molar-refractivity contribution in [3.8, 4) is 0 Å². The zero-order valence-corrected chi connectivity index (χ0v) is 14.8. The van der Waals surface area contributed by atoms with Gasteiger partial charge in [0.2, 0.25) is 0 Å². The molecule has 0 spiro atoms. The number of rotatable bonds is 3. The molecule has 1 aliphatic carbocycles. The first-order chi connectivity index (χ1) is 12.9. The number of hydrogen-bond acceptors (Lipinski definition) is 2. The summed E-state index contributed by atoms with van der Waals surface area (Å²) in [6.45, 7) is 0.642. The molecule has 27 heavy (non-hydrogen) atoms. The van der Waals surface area contributed by atoms with Crippen molar-refractivity contribution in [2.45, 2.75) is 43.8 Å². The molecule has 0 radical (unpaired) electrons. The highest BCUT2D eigenvalue weighted by molar-refractivity contribution is 5.98. The van der Waals surface area contributed by atoms with Crippen LogP contribution in [-0.2, 0) is 12.6 Å². The van der Waals surface area contributed by atoms with E-state index in [2.05, 4.69) is 10.6 Å². The first kappa shape index (κ1) is 17.9. The van der Waals surface area contributed by atoms with E-state index in [1.54, 1.807) is 12.1 Å². The highest BCUT2D eigenvalue weighted by Crippen LogP contribution is 2.38. The van der Waals surface area contributed by atoms with E-state index < -0.39 is 11.7 Å². The van der Waals surface area contributed by atoms with Gasteiger partial charge in [-0.3, -0.25) is 4.79 Å². The number of fused-ring (bicyclic) bond motifs is 1. The molecule has 2 atom stereocenters. The van der Waals surface area contributed by atoms with E-state index in [9.17, 15) is 18.0 Å². The van der Waals surface area contributed by atoms with Gasteiger partial charge in [-0.05, 0) is 67.0 Å². The van der Waals surface area contributed by atoms with Gasteiger partial charge in [-0.15, -0.1) is 0 Å². The smallest absolute Gasteiger partial charge is 0.382 e. The third-order valence-electron chi connectivity index (χ3n) is 5.58. The van der Waals surface area contributed by atoms with Gasteiger partial charge >= 0.3 is 6.18 Å². The molecular formula is C21H21F3N2O. The minimum absolute atomic E-state index is 0.0334. The molecule has 2 aliphatic rings. The standard InChI is InChI=1S/C21H21F3N2O/c22-21(23,24)15-7-4-13(5-8-15)14-6-9-16(12-14)26-19-3-1-2-18-17(19)10-11-25-20(18)27/h1-5,7-8,14,16,26H,6,9-12H2,(H,25,27). The van der Waals surface area contributed by atoms with Crippen molar-refractivity contribution < 1.29 is 18.0 Å². The van der Waals surface area contributed by atoms with E-state index in [0.29, 0.717) is 6.54 Å². The van der Waals surface area contributed by atoms with Crippen LogP contribution in [0.25, 0.3) is 0 Å². The maximum Gasteiger partial charge on any atom is 0.416 e. The number of anilines is 1. The highest BCUT2D eigenvalue weighted by Gasteiger charge is 2.31.